The van der Waals surface area contributed by atoms with E-state index in [1.54, 1.807) is 6.07 Å². The largest absolute Gasteiger partial charge is 0.573 e. The Morgan fingerprint density at radius 2 is 1.82 bits per heavy atom. The number of ether oxygens (including phenoxy) is 3. The summed E-state index contributed by atoms with van der Waals surface area (Å²) < 4.78 is 52.2. The molecule has 1 amide bonds. The van der Waals surface area contributed by atoms with E-state index < -0.39 is 18.1 Å². The molecule has 0 bridgehead atoms. The first-order valence-corrected chi connectivity index (χ1v) is 10.4. The van der Waals surface area contributed by atoms with Crippen molar-refractivity contribution in [3.05, 3.63) is 42.1 Å². The van der Waals surface area contributed by atoms with Gasteiger partial charge in [0.1, 0.15) is 24.2 Å². The number of hydrogen-bond donors (Lipinski definition) is 1. The van der Waals surface area contributed by atoms with Crippen molar-refractivity contribution >= 4 is 17.9 Å². The lowest BCUT2D eigenvalue weighted by Crippen LogP contribution is -2.45. The summed E-state index contributed by atoms with van der Waals surface area (Å²) in [6.45, 7) is 9.65. The number of rotatable bonds is 7. The molecule has 2 heterocycles. The van der Waals surface area contributed by atoms with Crippen molar-refractivity contribution in [2.24, 2.45) is 0 Å². The summed E-state index contributed by atoms with van der Waals surface area (Å²) >= 11 is 0. The summed E-state index contributed by atoms with van der Waals surface area (Å²) in [5.74, 6) is 0.297. The Kier molecular flexibility index (Phi) is 7.01. The maximum atomic E-state index is 12.4. The van der Waals surface area contributed by atoms with Crippen LogP contribution in [0.1, 0.15) is 46.2 Å². The van der Waals surface area contributed by atoms with Crippen LogP contribution in [0.25, 0.3) is 0 Å². The molecule has 3 atom stereocenters. The van der Waals surface area contributed by atoms with Crippen molar-refractivity contribution in [3.63, 3.8) is 0 Å². The van der Waals surface area contributed by atoms with Gasteiger partial charge in [-0.2, -0.15) is 4.98 Å². The maximum Gasteiger partial charge on any atom is 0.573 e. The number of nitrogens with one attached hydrogen (secondary N) is 1. The van der Waals surface area contributed by atoms with Gasteiger partial charge in [-0.25, -0.2) is 9.78 Å². The second-order valence-corrected chi connectivity index (χ2v) is 8.67. The van der Waals surface area contributed by atoms with Gasteiger partial charge in [0.15, 0.2) is 0 Å². The van der Waals surface area contributed by atoms with Gasteiger partial charge >= 0.3 is 12.5 Å². The zero-order valence-electron chi connectivity index (χ0n) is 19.0. The molecule has 33 heavy (non-hydrogen) atoms. The van der Waals surface area contributed by atoms with E-state index in [-0.39, 0.29) is 36.5 Å². The van der Waals surface area contributed by atoms with Crippen LogP contribution in [-0.4, -0.2) is 46.8 Å². The van der Waals surface area contributed by atoms with E-state index in [9.17, 15) is 18.0 Å². The zero-order valence-corrected chi connectivity index (χ0v) is 19.0. The fourth-order valence-electron chi connectivity index (χ4n) is 3.47. The Morgan fingerprint density at radius 3 is 2.42 bits per heavy atom. The molecule has 1 aromatic heterocycles. The fourth-order valence-corrected chi connectivity index (χ4v) is 3.47. The third-order valence-corrected chi connectivity index (χ3v) is 4.83. The van der Waals surface area contributed by atoms with E-state index in [0.717, 1.165) is 0 Å². The highest BCUT2D eigenvalue weighted by molar-refractivity contribution is 5.89. The van der Waals surface area contributed by atoms with Crippen LogP contribution in [0.2, 0.25) is 0 Å². The second kappa shape index (κ2) is 9.42. The van der Waals surface area contributed by atoms with E-state index >= 15 is 0 Å². The van der Waals surface area contributed by atoms with E-state index in [4.69, 9.17) is 9.47 Å². The van der Waals surface area contributed by atoms with Crippen LogP contribution in [0.4, 0.5) is 29.7 Å². The van der Waals surface area contributed by atoms with Gasteiger partial charge in [0, 0.05) is 6.20 Å². The quantitative estimate of drug-likeness (QED) is 0.607. The normalized spacial score (nSPS) is 18.6. The first kappa shape index (κ1) is 24.6. The molecule has 1 aromatic carbocycles. The van der Waals surface area contributed by atoms with Gasteiger partial charge in [-0.3, -0.25) is 4.90 Å². The molecule has 0 radical (unpaired) electrons. The van der Waals surface area contributed by atoms with Crippen LogP contribution in [0, 0.1) is 0 Å². The molecule has 1 unspecified atom stereocenters. The van der Waals surface area contributed by atoms with Gasteiger partial charge in [-0.05, 0) is 58.4 Å². The van der Waals surface area contributed by atoms with Crippen molar-refractivity contribution in [2.45, 2.75) is 64.8 Å². The van der Waals surface area contributed by atoms with Gasteiger partial charge in [0.25, 0.3) is 0 Å². The lowest BCUT2D eigenvalue weighted by atomic mass is 10.1. The topological polar surface area (TPSA) is 85.8 Å². The molecule has 0 spiro atoms. The SMILES string of the molecule is C[C@H](Nc1nccc(N2C(=O)OCC2[C@@H](C)OC(C)(C)C)n1)c1ccc(OC(F)(F)F)cc1. The smallest absolute Gasteiger partial charge is 0.447 e. The van der Waals surface area contributed by atoms with Gasteiger partial charge < -0.3 is 19.5 Å². The maximum absolute atomic E-state index is 12.4. The molecule has 3 rings (SSSR count). The van der Waals surface area contributed by atoms with Crippen LogP contribution in [0.5, 0.6) is 5.75 Å². The Morgan fingerprint density at radius 1 is 1.15 bits per heavy atom. The number of anilines is 2. The summed E-state index contributed by atoms with van der Waals surface area (Å²) in [7, 11) is 0. The number of hydrogen-bond acceptors (Lipinski definition) is 7. The number of aromatic nitrogens is 2. The molecule has 2 aromatic rings. The van der Waals surface area contributed by atoms with Crippen molar-refractivity contribution in [1.82, 2.24) is 9.97 Å². The molecule has 1 aliphatic rings. The molecule has 1 N–H and O–H groups in total. The third-order valence-electron chi connectivity index (χ3n) is 4.83. The number of halogens is 3. The minimum Gasteiger partial charge on any atom is -0.447 e. The minimum atomic E-state index is -4.75. The average Bonchev–Trinajstić information content (AvgIpc) is 3.08. The van der Waals surface area contributed by atoms with Crippen LogP contribution in [0.3, 0.4) is 0 Å². The number of carbonyl (C=O) groups is 1. The van der Waals surface area contributed by atoms with Crippen LogP contribution >= 0.6 is 0 Å². The fraction of sp³-hybridized carbons (Fsp3) is 0.500. The van der Waals surface area contributed by atoms with Gasteiger partial charge in [0.2, 0.25) is 5.95 Å². The van der Waals surface area contributed by atoms with Crippen LogP contribution in [0.15, 0.2) is 36.5 Å². The Hall–Kier alpha value is -3.08. The molecule has 0 aliphatic carbocycles. The highest BCUT2D eigenvalue weighted by atomic mass is 19.4. The molecule has 8 nitrogen and oxygen atoms in total. The first-order chi connectivity index (χ1) is 15.3. The Balaban J connectivity index is 1.73. The van der Waals surface area contributed by atoms with E-state index in [1.165, 1.54) is 35.4 Å². The van der Waals surface area contributed by atoms with Crippen molar-refractivity contribution in [3.8, 4) is 5.75 Å². The van der Waals surface area contributed by atoms with E-state index in [0.29, 0.717) is 11.4 Å². The molecule has 180 valence electrons. The van der Waals surface area contributed by atoms with Gasteiger partial charge in [-0.15, -0.1) is 13.2 Å². The number of benzene rings is 1. The van der Waals surface area contributed by atoms with Crippen LogP contribution < -0.4 is 15.0 Å². The lowest BCUT2D eigenvalue weighted by Gasteiger charge is -2.31. The Bertz CT molecular complexity index is 963. The molecule has 11 heteroatoms. The third kappa shape index (κ3) is 6.70. The molecule has 1 saturated heterocycles. The summed E-state index contributed by atoms with van der Waals surface area (Å²) in [6.07, 6.45) is -4.07. The molecular weight excluding hydrogens is 441 g/mol. The molecular formula is C22H27F3N4O4. The van der Waals surface area contributed by atoms with Crippen LogP contribution in [-0.2, 0) is 9.47 Å². The summed E-state index contributed by atoms with van der Waals surface area (Å²) in [4.78, 5) is 22.5. The highest BCUT2D eigenvalue weighted by Crippen LogP contribution is 2.28. The van der Waals surface area contributed by atoms with E-state index in [2.05, 4.69) is 20.0 Å². The van der Waals surface area contributed by atoms with Crippen molar-refractivity contribution in [1.29, 1.82) is 0 Å². The highest BCUT2D eigenvalue weighted by Gasteiger charge is 2.40. The van der Waals surface area contributed by atoms with Crippen molar-refractivity contribution in [2.75, 3.05) is 16.8 Å². The van der Waals surface area contributed by atoms with E-state index in [1.807, 2.05) is 34.6 Å². The first-order valence-electron chi connectivity index (χ1n) is 10.4. The number of carbonyl (C=O) groups excluding carboxylic acids is 1. The van der Waals surface area contributed by atoms with Gasteiger partial charge in [0.05, 0.1) is 17.7 Å². The predicted octanol–water partition coefficient (Wildman–Crippen LogP) is 5.08. The summed E-state index contributed by atoms with van der Waals surface area (Å²) in [6, 6.07) is 6.41. The average molecular weight is 468 g/mol. The second-order valence-electron chi connectivity index (χ2n) is 8.67. The number of alkyl halides is 3. The Labute approximate surface area is 190 Å². The monoisotopic (exact) mass is 468 g/mol. The van der Waals surface area contributed by atoms with Gasteiger partial charge in [-0.1, -0.05) is 12.1 Å². The summed E-state index contributed by atoms with van der Waals surface area (Å²) in [5.41, 5.74) is 0.301. The minimum absolute atomic E-state index is 0.172. The number of nitrogens with zero attached hydrogens (tertiary/aromatic N) is 3. The zero-order chi connectivity index (χ0) is 24.4. The lowest BCUT2D eigenvalue weighted by molar-refractivity contribution is -0.274. The van der Waals surface area contributed by atoms with Crippen molar-refractivity contribution < 1.29 is 32.2 Å². The molecule has 0 saturated carbocycles. The predicted molar refractivity (Wildman–Crippen MR) is 115 cm³/mol. The molecule has 1 aliphatic heterocycles. The number of amides is 1. The number of cyclic esters (lactones) is 1. The standard InChI is InChI=1S/C22H27F3N4O4/c1-13(15-6-8-16(9-7-15)33-22(23,24)25)27-19-26-11-10-18(28-19)29-17(12-31-20(29)30)14(2)32-21(3,4)5/h6-11,13-14,17H,12H2,1-5H3,(H,26,27,28)/t13-,14+,17?/m0/s1. The molecule has 1 fully saturated rings. The summed E-state index contributed by atoms with van der Waals surface area (Å²) in [5, 5.41) is 3.09.